The number of aliphatic carboxylic acids is 1. The van der Waals surface area contributed by atoms with Crippen LogP contribution in [-0.4, -0.2) is 11.1 Å². The minimum Gasteiger partial charge on any atom is -0.481 e. The van der Waals surface area contributed by atoms with Crippen LogP contribution in [0.3, 0.4) is 0 Å². The molecule has 0 bridgehead atoms. The van der Waals surface area contributed by atoms with Crippen molar-refractivity contribution in [1.29, 1.82) is 0 Å². The van der Waals surface area contributed by atoms with E-state index in [1.165, 1.54) is 0 Å². The van der Waals surface area contributed by atoms with E-state index in [2.05, 4.69) is 0 Å². The highest BCUT2D eigenvalue weighted by Crippen LogP contribution is 2.05. The molecule has 0 aromatic heterocycles. The highest BCUT2D eigenvalue weighted by Gasteiger charge is 1.98. The number of hydrogen-bond acceptors (Lipinski definition) is 2. The van der Waals surface area contributed by atoms with Crippen LogP contribution >= 0.6 is 0 Å². The van der Waals surface area contributed by atoms with Crippen molar-refractivity contribution in [3.8, 4) is 0 Å². The molecular formula is C8H9NO2. The minimum atomic E-state index is -0.824. The molecule has 0 aliphatic rings. The lowest BCUT2D eigenvalue weighted by atomic mass is 10.2. The van der Waals surface area contributed by atoms with E-state index in [4.69, 9.17) is 10.8 Å². The SMILES string of the molecule is Nc1ccc(C[13C](=O)O)cc1. The Hall–Kier alpha value is -1.51. The fourth-order valence-corrected chi connectivity index (χ4v) is 0.810. The summed E-state index contributed by atoms with van der Waals surface area (Å²) < 4.78 is 0. The highest BCUT2D eigenvalue weighted by molar-refractivity contribution is 5.70. The third kappa shape index (κ3) is 2.29. The van der Waals surface area contributed by atoms with Gasteiger partial charge in [-0.3, -0.25) is 4.79 Å². The fraction of sp³-hybridized carbons (Fsp3) is 0.125. The molecule has 1 aromatic rings. The van der Waals surface area contributed by atoms with Crippen molar-refractivity contribution in [3.05, 3.63) is 29.8 Å². The number of rotatable bonds is 2. The number of benzene rings is 1. The molecule has 11 heavy (non-hydrogen) atoms. The average Bonchev–Trinajstić information content (AvgIpc) is 1.93. The summed E-state index contributed by atoms with van der Waals surface area (Å²) in [5.74, 6) is -0.824. The van der Waals surface area contributed by atoms with Crippen molar-refractivity contribution in [2.24, 2.45) is 0 Å². The third-order valence-electron chi connectivity index (χ3n) is 1.34. The Labute approximate surface area is 64.5 Å². The largest absolute Gasteiger partial charge is 0.481 e. The molecule has 0 aliphatic heterocycles. The van der Waals surface area contributed by atoms with Gasteiger partial charge in [0.15, 0.2) is 0 Å². The van der Waals surface area contributed by atoms with Gasteiger partial charge in [-0.25, -0.2) is 0 Å². The smallest absolute Gasteiger partial charge is 0.307 e. The Bertz CT molecular complexity index is 253. The van der Waals surface area contributed by atoms with Gasteiger partial charge in [-0.1, -0.05) is 12.1 Å². The number of nitrogens with two attached hydrogens (primary N) is 1. The zero-order valence-electron chi connectivity index (χ0n) is 5.95. The van der Waals surface area contributed by atoms with Gasteiger partial charge < -0.3 is 10.8 Å². The van der Waals surface area contributed by atoms with Crippen LogP contribution in [0, 0.1) is 0 Å². The topological polar surface area (TPSA) is 63.3 Å². The molecule has 0 aliphatic carbocycles. The second-order valence-electron chi connectivity index (χ2n) is 2.31. The Balaban J connectivity index is 2.74. The first-order chi connectivity index (χ1) is 5.18. The highest BCUT2D eigenvalue weighted by atomic mass is 16.5. The molecule has 0 amide bonds. The lowest BCUT2D eigenvalue weighted by Gasteiger charge is -1.96. The molecule has 1 rings (SSSR count). The van der Waals surface area contributed by atoms with Crippen molar-refractivity contribution >= 4 is 11.7 Å². The lowest BCUT2D eigenvalue weighted by molar-refractivity contribution is -0.136. The zero-order valence-corrected chi connectivity index (χ0v) is 5.95. The van der Waals surface area contributed by atoms with Gasteiger partial charge in [0, 0.05) is 5.69 Å². The number of carbonyl (C=O) groups is 1. The number of carboxylic acids is 1. The fourth-order valence-electron chi connectivity index (χ4n) is 0.810. The van der Waals surface area contributed by atoms with Crippen LogP contribution in [0.5, 0.6) is 0 Å². The second-order valence-corrected chi connectivity index (χ2v) is 2.31. The summed E-state index contributed by atoms with van der Waals surface area (Å²) in [5, 5.41) is 8.40. The van der Waals surface area contributed by atoms with Gasteiger partial charge in [0.2, 0.25) is 0 Å². The number of anilines is 1. The Morgan fingerprint density at radius 1 is 1.36 bits per heavy atom. The quantitative estimate of drug-likeness (QED) is 0.488. The first kappa shape index (κ1) is 7.60. The Morgan fingerprint density at radius 3 is 2.36 bits per heavy atom. The van der Waals surface area contributed by atoms with Gasteiger partial charge in [-0.15, -0.1) is 0 Å². The van der Waals surface area contributed by atoms with Crippen molar-refractivity contribution in [3.63, 3.8) is 0 Å². The predicted molar refractivity (Wildman–Crippen MR) is 42.2 cm³/mol. The van der Waals surface area contributed by atoms with E-state index in [0.717, 1.165) is 5.56 Å². The van der Waals surface area contributed by atoms with Crippen LogP contribution in [-0.2, 0) is 11.2 Å². The molecule has 0 saturated heterocycles. The molecule has 58 valence electrons. The molecule has 1 aromatic carbocycles. The van der Waals surface area contributed by atoms with Crippen LogP contribution in [0.2, 0.25) is 0 Å². The summed E-state index contributed by atoms with van der Waals surface area (Å²) >= 11 is 0. The van der Waals surface area contributed by atoms with Gasteiger partial charge in [0.25, 0.3) is 0 Å². The van der Waals surface area contributed by atoms with Crippen LogP contribution < -0.4 is 5.73 Å². The summed E-state index contributed by atoms with van der Waals surface area (Å²) in [6.45, 7) is 0. The summed E-state index contributed by atoms with van der Waals surface area (Å²) in [6.07, 6.45) is 0.0558. The summed E-state index contributed by atoms with van der Waals surface area (Å²) in [7, 11) is 0. The number of nitrogen functional groups attached to an aromatic ring is 1. The van der Waals surface area contributed by atoms with Gasteiger partial charge in [-0.2, -0.15) is 0 Å². The van der Waals surface area contributed by atoms with Crippen molar-refractivity contribution in [2.45, 2.75) is 6.42 Å². The van der Waals surface area contributed by atoms with Crippen LogP contribution in [0.15, 0.2) is 24.3 Å². The van der Waals surface area contributed by atoms with E-state index in [1.807, 2.05) is 0 Å². The number of carboxylic acid groups (broad SMARTS) is 1. The predicted octanol–water partition coefficient (Wildman–Crippen LogP) is 0.896. The molecule has 0 saturated carbocycles. The first-order valence-corrected chi connectivity index (χ1v) is 3.24. The monoisotopic (exact) mass is 152 g/mol. The van der Waals surface area contributed by atoms with E-state index in [0.29, 0.717) is 5.69 Å². The molecule has 0 heterocycles. The zero-order chi connectivity index (χ0) is 8.27. The van der Waals surface area contributed by atoms with Gasteiger partial charge in [0.1, 0.15) is 0 Å². The molecule has 0 unspecified atom stereocenters. The summed E-state index contributed by atoms with van der Waals surface area (Å²) in [6, 6.07) is 6.81. The third-order valence-corrected chi connectivity index (χ3v) is 1.34. The van der Waals surface area contributed by atoms with Crippen molar-refractivity contribution in [1.82, 2.24) is 0 Å². The van der Waals surface area contributed by atoms with E-state index in [1.54, 1.807) is 24.3 Å². The first-order valence-electron chi connectivity index (χ1n) is 3.24. The molecular weight excluding hydrogens is 143 g/mol. The minimum absolute atomic E-state index is 0.0558. The van der Waals surface area contributed by atoms with E-state index in [-0.39, 0.29) is 6.42 Å². The molecule has 0 radical (unpaired) electrons. The molecule has 0 spiro atoms. The maximum Gasteiger partial charge on any atom is 0.307 e. The number of hydrogen-bond donors (Lipinski definition) is 2. The lowest BCUT2D eigenvalue weighted by Crippen LogP contribution is -1.99. The molecule has 3 nitrogen and oxygen atoms in total. The van der Waals surface area contributed by atoms with E-state index >= 15 is 0 Å². The van der Waals surface area contributed by atoms with Crippen LogP contribution in [0.25, 0.3) is 0 Å². The van der Waals surface area contributed by atoms with Gasteiger partial charge in [0.05, 0.1) is 6.42 Å². The van der Waals surface area contributed by atoms with Crippen molar-refractivity contribution < 1.29 is 9.90 Å². The van der Waals surface area contributed by atoms with E-state index in [9.17, 15) is 4.79 Å². The molecule has 3 N–H and O–H groups in total. The average molecular weight is 152 g/mol. The Kier molecular flexibility index (Phi) is 2.11. The van der Waals surface area contributed by atoms with Crippen LogP contribution in [0.4, 0.5) is 5.69 Å². The standard InChI is InChI=1S/C8H9NO2/c9-7-3-1-6(2-4-7)5-8(10)11/h1-4H,5,9H2,(H,10,11)/i8+1. The van der Waals surface area contributed by atoms with Gasteiger partial charge >= 0.3 is 5.97 Å². The normalized spacial score (nSPS) is 9.45. The van der Waals surface area contributed by atoms with Crippen LogP contribution in [0.1, 0.15) is 5.56 Å². The van der Waals surface area contributed by atoms with Gasteiger partial charge in [-0.05, 0) is 17.7 Å². The van der Waals surface area contributed by atoms with E-state index < -0.39 is 5.97 Å². The molecule has 3 heteroatoms. The maximum atomic E-state index is 10.2. The van der Waals surface area contributed by atoms with Crippen molar-refractivity contribution in [2.75, 3.05) is 5.73 Å². The summed E-state index contributed by atoms with van der Waals surface area (Å²) in [4.78, 5) is 10.2. The molecule has 0 fully saturated rings. The Morgan fingerprint density at radius 2 is 1.91 bits per heavy atom. The summed E-state index contributed by atoms with van der Waals surface area (Å²) in [5.41, 5.74) is 6.83. The second kappa shape index (κ2) is 3.05. The molecule has 0 atom stereocenters. The maximum absolute atomic E-state index is 10.2.